The van der Waals surface area contributed by atoms with Crippen LogP contribution >= 0.6 is 0 Å². The summed E-state index contributed by atoms with van der Waals surface area (Å²) in [4.78, 5) is 15.3. The number of amides is 1. The van der Waals surface area contributed by atoms with Gasteiger partial charge in [0.25, 0.3) is 0 Å². The number of hydrogen-bond acceptors (Lipinski definition) is 3. The van der Waals surface area contributed by atoms with Gasteiger partial charge in [-0.3, -0.25) is 9.69 Å². The number of piperidine rings is 2. The Kier molecular flexibility index (Phi) is 5.87. The van der Waals surface area contributed by atoms with Crippen LogP contribution in [0.5, 0.6) is 0 Å². The standard InChI is InChI=1S/C14H24F3N3O/c15-14(16,17)11-19-8-4-12(5-9-19)18-10-13(21)20-6-2-1-3-7-20/h12,18H,1-11H2. The number of rotatable bonds is 4. The lowest BCUT2D eigenvalue weighted by molar-refractivity contribution is -0.148. The Bertz CT molecular complexity index is 335. The molecule has 0 aromatic heterocycles. The molecule has 0 radical (unpaired) electrons. The van der Waals surface area contributed by atoms with Crippen LogP contribution in [0, 0.1) is 0 Å². The monoisotopic (exact) mass is 307 g/mol. The molecule has 2 aliphatic rings. The van der Waals surface area contributed by atoms with E-state index in [0.717, 1.165) is 25.9 Å². The van der Waals surface area contributed by atoms with Gasteiger partial charge in [0.2, 0.25) is 5.91 Å². The number of hydrogen-bond donors (Lipinski definition) is 1. The lowest BCUT2D eigenvalue weighted by atomic mass is 10.0. The predicted octanol–water partition coefficient (Wildman–Crippen LogP) is 1.62. The summed E-state index contributed by atoms with van der Waals surface area (Å²) in [5.74, 6) is 0.118. The number of likely N-dealkylation sites (tertiary alicyclic amines) is 2. The molecule has 0 aliphatic carbocycles. The van der Waals surface area contributed by atoms with Crippen LogP contribution in [-0.4, -0.2) is 67.2 Å². The molecule has 0 unspecified atom stereocenters. The van der Waals surface area contributed by atoms with Crippen molar-refractivity contribution >= 4 is 5.91 Å². The van der Waals surface area contributed by atoms with Crippen molar-refractivity contribution in [3.63, 3.8) is 0 Å². The molecular formula is C14H24F3N3O. The van der Waals surface area contributed by atoms with Crippen molar-refractivity contribution in [3.8, 4) is 0 Å². The molecular weight excluding hydrogens is 283 g/mol. The topological polar surface area (TPSA) is 35.6 Å². The van der Waals surface area contributed by atoms with Crippen molar-refractivity contribution in [2.75, 3.05) is 39.3 Å². The second-order valence-electron chi connectivity index (χ2n) is 5.99. The van der Waals surface area contributed by atoms with Crippen LogP contribution in [0.1, 0.15) is 32.1 Å². The van der Waals surface area contributed by atoms with E-state index in [-0.39, 0.29) is 11.9 Å². The highest BCUT2D eigenvalue weighted by atomic mass is 19.4. The predicted molar refractivity (Wildman–Crippen MR) is 74.0 cm³/mol. The van der Waals surface area contributed by atoms with Gasteiger partial charge in [-0.2, -0.15) is 13.2 Å². The summed E-state index contributed by atoms with van der Waals surface area (Å²) >= 11 is 0. The lowest BCUT2D eigenvalue weighted by Crippen LogP contribution is -2.48. The molecule has 0 aromatic carbocycles. The molecule has 122 valence electrons. The second-order valence-corrected chi connectivity index (χ2v) is 5.99. The van der Waals surface area contributed by atoms with Crippen molar-refractivity contribution in [1.29, 1.82) is 0 Å². The Morgan fingerprint density at radius 1 is 1.05 bits per heavy atom. The van der Waals surface area contributed by atoms with Crippen LogP contribution in [-0.2, 0) is 4.79 Å². The van der Waals surface area contributed by atoms with Crippen molar-refractivity contribution in [2.24, 2.45) is 0 Å². The Balaban J connectivity index is 1.63. The lowest BCUT2D eigenvalue weighted by Gasteiger charge is -2.33. The minimum atomic E-state index is -4.12. The van der Waals surface area contributed by atoms with Crippen molar-refractivity contribution < 1.29 is 18.0 Å². The zero-order valence-electron chi connectivity index (χ0n) is 12.3. The van der Waals surface area contributed by atoms with Gasteiger partial charge in [0.1, 0.15) is 0 Å². The normalized spacial score (nSPS) is 22.5. The average molecular weight is 307 g/mol. The molecule has 0 bridgehead atoms. The summed E-state index contributed by atoms with van der Waals surface area (Å²) in [5.41, 5.74) is 0. The maximum Gasteiger partial charge on any atom is 0.401 e. The third-order valence-corrected chi connectivity index (χ3v) is 4.24. The molecule has 0 spiro atoms. The molecule has 7 heteroatoms. The zero-order valence-corrected chi connectivity index (χ0v) is 12.3. The molecule has 0 atom stereocenters. The van der Waals surface area contributed by atoms with E-state index in [1.54, 1.807) is 0 Å². The van der Waals surface area contributed by atoms with Gasteiger partial charge < -0.3 is 10.2 Å². The fraction of sp³-hybridized carbons (Fsp3) is 0.929. The number of carbonyl (C=O) groups is 1. The van der Waals surface area contributed by atoms with Crippen LogP contribution in [0.3, 0.4) is 0 Å². The third-order valence-electron chi connectivity index (χ3n) is 4.24. The maximum atomic E-state index is 12.3. The van der Waals surface area contributed by atoms with E-state index >= 15 is 0 Å². The molecule has 2 aliphatic heterocycles. The first-order valence-corrected chi connectivity index (χ1v) is 7.74. The zero-order chi connectivity index (χ0) is 15.3. The molecule has 21 heavy (non-hydrogen) atoms. The number of alkyl halides is 3. The molecule has 2 fully saturated rings. The molecule has 4 nitrogen and oxygen atoms in total. The molecule has 1 amide bonds. The van der Waals surface area contributed by atoms with Gasteiger partial charge in [0.15, 0.2) is 0 Å². The van der Waals surface area contributed by atoms with Crippen LogP contribution < -0.4 is 5.32 Å². The number of halogens is 3. The van der Waals surface area contributed by atoms with Crippen LogP contribution in [0.4, 0.5) is 13.2 Å². The van der Waals surface area contributed by atoms with Crippen molar-refractivity contribution in [1.82, 2.24) is 15.1 Å². The Morgan fingerprint density at radius 2 is 1.67 bits per heavy atom. The summed E-state index contributed by atoms with van der Waals surface area (Å²) < 4.78 is 36.9. The van der Waals surface area contributed by atoms with Gasteiger partial charge in [-0.25, -0.2) is 0 Å². The van der Waals surface area contributed by atoms with Gasteiger partial charge in [0, 0.05) is 19.1 Å². The molecule has 2 saturated heterocycles. The largest absolute Gasteiger partial charge is 0.401 e. The summed E-state index contributed by atoms with van der Waals surface area (Å²) in [6.45, 7) is 2.04. The third kappa shape index (κ3) is 5.82. The van der Waals surface area contributed by atoms with Gasteiger partial charge in [0.05, 0.1) is 13.1 Å². The fourth-order valence-corrected chi connectivity index (χ4v) is 3.04. The maximum absolute atomic E-state index is 12.3. The van der Waals surface area contributed by atoms with E-state index in [9.17, 15) is 18.0 Å². The fourth-order valence-electron chi connectivity index (χ4n) is 3.04. The first-order chi connectivity index (χ1) is 9.94. The van der Waals surface area contributed by atoms with Gasteiger partial charge in [-0.15, -0.1) is 0 Å². The number of nitrogens with zero attached hydrogens (tertiary/aromatic N) is 2. The molecule has 0 aromatic rings. The van der Waals surface area contributed by atoms with Gasteiger partial charge in [-0.05, 0) is 45.2 Å². The van der Waals surface area contributed by atoms with Crippen LogP contribution in [0.15, 0.2) is 0 Å². The van der Waals surface area contributed by atoms with Crippen molar-refractivity contribution in [2.45, 2.75) is 44.3 Å². The molecule has 2 rings (SSSR count). The molecule has 1 N–H and O–H groups in total. The SMILES string of the molecule is O=C(CNC1CCN(CC(F)(F)F)CC1)N1CCCCC1. The number of carbonyl (C=O) groups excluding carboxylic acids is 1. The smallest absolute Gasteiger partial charge is 0.342 e. The van der Waals surface area contributed by atoms with Crippen molar-refractivity contribution in [3.05, 3.63) is 0 Å². The van der Waals surface area contributed by atoms with Crippen LogP contribution in [0.25, 0.3) is 0 Å². The van der Waals surface area contributed by atoms with E-state index in [1.807, 2.05) is 4.90 Å². The summed E-state index contributed by atoms with van der Waals surface area (Å²) in [6, 6.07) is 0.156. The highest BCUT2D eigenvalue weighted by molar-refractivity contribution is 5.78. The first-order valence-electron chi connectivity index (χ1n) is 7.74. The van der Waals surface area contributed by atoms with E-state index in [0.29, 0.717) is 32.5 Å². The van der Waals surface area contributed by atoms with E-state index in [4.69, 9.17) is 0 Å². The average Bonchev–Trinajstić information content (AvgIpc) is 2.45. The van der Waals surface area contributed by atoms with E-state index < -0.39 is 12.7 Å². The van der Waals surface area contributed by atoms with Gasteiger partial charge in [-0.1, -0.05) is 0 Å². The summed E-state index contributed by atoms with van der Waals surface area (Å²) in [7, 11) is 0. The summed E-state index contributed by atoms with van der Waals surface area (Å²) in [5, 5.41) is 3.20. The molecule has 0 saturated carbocycles. The van der Waals surface area contributed by atoms with Gasteiger partial charge >= 0.3 is 6.18 Å². The Hall–Kier alpha value is -0.820. The highest BCUT2D eigenvalue weighted by Gasteiger charge is 2.32. The highest BCUT2D eigenvalue weighted by Crippen LogP contribution is 2.19. The summed E-state index contributed by atoms with van der Waals surface area (Å²) in [6.07, 6.45) is 0.551. The number of nitrogens with one attached hydrogen (secondary N) is 1. The van der Waals surface area contributed by atoms with E-state index in [1.165, 1.54) is 11.3 Å². The quantitative estimate of drug-likeness (QED) is 0.857. The van der Waals surface area contributed by atoms with Crippen LogP contribution in [0.2, 0.25) is 0 Å². The Morgan fingerprint density at radius 3 is 2.24 bits per heavy atom. The minimum absolute atomic E-state index is 0.118. The van der Waals surface area contributed by atoms with E-state index in [2.05, 4.69) is 5.32 Å². The minimum Gasteiger partial charge on any atom is -0.342 e. The second kappa shape index (κ2) is 7.45. The Labute approximate surface area is 123 Å². The molecule has 2 heterocycles. The first kappa shape index (κ1) is 16.5.